The Labute approximate surface area is 630 Å². The highest BCUT2D eigenvalue weighted by atomic mass is 32.2. The van der Waals surface area contributed by atoms with Gasteiger partial charge in [0.1, 0.15) is 36.4 Å². The number of benzene rings is 5. The number of aliphatic hydroxyl groups is 1. The minimum Gasteiger partial charge on any atom is -0.481 e. The lowest BCUT2D eigenvalue weighted by atomic mass is 9.83. The second-order valence-corrected chi connectivity index (χ2v) is 28.4. The van der Waals surface area contributed by atoms with Crippen molar-refractivity contribution >= 4 is 92.3 Å². The van der Waals surface area contributed by atoms with Gasteiger partial charge in [-0.15, -0.1) is 0 Å². The summed E-state index contributed by atoms with van der Waals surface area (Å²) < 4.78 is 77.4. The number of amides is 12. The molecule has 14 N–H and O–H groups in total. The minimum absolute atomic E-state index is 0.0296. The molecule has 1 aliphatic rings. The number of anilines is 4. The first-order chi connectivity index (χ1) is 52.0. The Morgan fingerprint density at radius 2 is 1.33 bits per heavy atom. The van der Waals surface area contributed by atoms with Crippen molar-refractivity contribution in [3.8, 4) is 11.1 Å². The molecule has 0 radical (unpaired) electrons. The zero-order chi connectivity index (χ0) is 79.2. The van der Waals surface area contributed by atoms with Crippen LogP contribution in [0.15, 0.2) is 138 Å². The van der Waals surface area contributed by atoms with E-state index in [9.17, 15) is 71.0 Å². The Hall–Kier alpha value is -11.1. The van der Waals surface area contributed by atoms with E-state index < -0.39 is 136 Å². The number of carboxylic acids is 1. The average molecular weight is 1540 g/mol. The molecule has 6 aromatic rings. The molecule has 1 aromatic heterocycles. The topological polar surface area (TPSA) is 431 Å². The maximum atomic E-state index is 15.2. The molecule has 7 rings (SSSR count). The van der Waals surface area contributed by atoms with Crippen molar-refractivity contribution in [2.75, 3.05) is 99.6 Å². The van der Waals surface area contributed by atoms with E-state index in [1.807, 2.05) is 62.6 Å². The number of hydrogen-bond donors (Lipinski definition) is 13. The Morgan fingerprint density at radius 1 is 0.688 bits per heavy atom. The number of sulfonamides is 1. The van der Waals surface area contributed by atoms with E-state index in [0.29, 0.717) is 48.6 Å². The molecule has 34 heteroatoms. The lowest BCUT2D eigenvalue weighted by Gasteiger charge is -2.41. The Bertz CT molecular complexity index is 4230. The summed E-state index contributed by atoms with van der Waals surface area (Å²) in [4.78, 5) is 132. The molecule has 0 unspecified atom stereocenters. The molecule has 5 aromatic carbocycles. The molecule has 0 saturated carbocycles. The molecule has 1 fully saturated rings. The summed E-state index contributed by atoms with van der Waals surface area (Å²) in [5, 5.41) is 43.6. The normalized spacial score (nSPS) is 13.8. The summed E-state index contributed by atoms with van der Waals surface area (Å²) in [7, 11) is -4.19. The van der Waals surface area contributed by atoms with Crippen LogP contribution < -0.4 is 58.3 Å². The number of nitrogens with zero attached hydrogens (tertiary/aromatic N) is 3. The number of carboxylic acid groups (broad SMARTS) is 1. The zero-order valence-corrected chi connectivity index (χ0v) is 62.1. The Kier molecular flexibility index (Phi) is 32.7. The van der Waals surface area contributed by atoms with Crippen molar-refractivity contribution < 1.29 is 89.6 Å². The number of urea groups is 3. The number of halogens is 2. The van der Waals surface area contributed by atoms with Gasteiger partial charge in [-0.1, -0.05) is 76.2 Å². The second-order valence-electron chi connectivity index (χ2n) is 26.7. The van der Waals surface area contributed by atoms with E-state index in [4.69, 9.17) is 19.9 Å². The van der Waals surface area contributed by atoms with Gasteiger partial charge >= 0.3 is 24.1 Å². The molecular formula is C75H96F2N14O17S. The summed E-state index contributed by atoms with van der Waals surface area (Å²) in [5.41, 5.74) is 7.97. The maximum absolute atomic E-state index is 15.2. The van der Waals surface area contributed by atoms with Crippen molar-refractivity contribution in [3.05, 3.63) is 162 Å². The van der Waals surface area contributed by atoms with Crippen LogP contribution in [0.25, 0.3) is 11.1 Å². The van der Waals surface area contributed by atoms with E-state index in [0.717, 1.165) is 23.8 Å². The lowest BCUT2D eigenvalue weighted by Crippen LogP contribution is -2.56. The van der Waals surface area contributed by atoms with Gasteiger partial charge in [0.25, 0.3) is 10.0 Å². The maximum Gasteiger partial charge on any atom is 0.319 e. The number of likely N-dealkylation sites (tertiary alicyclic amines) is 1. The van der Waals surface area contributed by atoms with Crippen LogP contribution in [0.5, 0.6) is 0 Å². The summed E-state index contributed by atoms with van der Waals surface area (Å²) in [5.74, 6) is -6.59. The third-order valence-electron chi connectivity index (χ3n) is 17.1. The summed E-state index contributed by atoms with van der Waals surface area (Å²) in [6.07, 6.45) is 1.90. The highest BCUT2D eigenvalue weighted by Crippen LogP contribution is 2.41. The fraction of sp³-hybridized carbons (Fsp3) is 0.413. The van der Waals surface area contributed by atoms with Gasteiger partial charge in [-0.3, -0.25) is 38.3 Å². The van der Waals surface area contributed by atoms with Crippen LogP contribution in [0.2, 0.25) is 0 Å². The van der Waals surface area contributed by atoms with E-state index in [1.54, 1.807) is 12.3 Å². The first-order valence-electron chi connectivity index (χ1n) is 35.5. The fourth-order valence-electron chi connectivity index (χ4n) is 12.0. The van der Waals surface area contributed by atoms with Crippen LogP contribution in [-0.2, 0) is 64.3 Å². The highest BCUT2D eigenvalue weighted by molar-refractivity contribution is 7.92. The molecule has 588 valence electrons. The predicted octanol–water partition coefficient (Wildman–Crippen LogP) is 6.68. The molecule has 31 nitrogen and oxygen atoms in total. The van der Waals surface area contributed by atoms with E-state index in [2.05, 4.69) is 52.6 Å². The van der Waals surface area contributed by atoms with Crippen molar-refractivity contribution in [2.45, 2.75) is 121 Å². The third kappa shape index (κ3) is 27.3. The van der Waals surface area contributed by atoms with Crippen LogP contribution in [0.1, 0.15) is 108 Å². The summed E-state index contributed by atoms with van der Waals surface area (Å²) >= 11 is 0. The Morgan fingerprint density at radius 3 is 1.99 bits per heavy atom. The van der Waals surface area contributed by atoms with Crippen LogP contribution in [-0.4, -0.2) is 190 Å². The number of nitrogens with one attached hydrogen (secondary N) is 10. The average Bonchev–Trinajstić information content (AvgIpc) is 1.66. The zero-order valence-electron chi connectivity index (χ0n) is 61.3. The monoisotopic (exact) mass is 1530 g/mol. The number of ether oxygens (including phenoxy) is 3. The fourth-order valence-corrected chi connectivity index (χ4v) is 13.1. The molecule has 109 heavy (non-hydrogen) atoms. The number of primary amides is 1. The minimum atomic E-state index is -4.19. The second kappa shape index (κ2) is 41.9. The highest BCUT2D eigenvalue weighted by Gasteiger charge is 2.40. The molecule has 12 amide bonds. The first kappa shape index (κ1) is 85.2. The number of carbonyl (C=O) groups is 10. The van der Waals surface area contributed by atoms with E-state index >= 15 is 4.39 Å². The van der Waals surface area contributed by atoms with Crippen molar-refractivity contribution in [1.29, 1.82) is 0 Å². The standard InChI is InChI=1S/C75H96F2N14O17S/c1-6-28-80-72(101)85-55-17-11-19-57(42-55)109(104,105)88-56-18-10-16-50(39-56)60(44-67(96)97)87-74(103)84-54-24-22-53(23-25-54)83-73(102)81-30-34-107-36-38-108-37-35-106-33-27-65(94)86-61(43-64(78)93)71(100)90-31-12-20-62(90)70(99)82-48(2)69(98)79-29-13-32-91(66(95)47-92)68(75(3,4)5)63-40-51(58-41-52(76)21-26-59(58)77)46-89(63)45-49-14-8-7-9-15-49/h7-11,14-19,21-26,39-42,46,48,60-62,68,88,92H,6,12-13,20,27-38,43-45,47H2,1-5H3,(H2,78,93)(H,79,98)(H,82,99)(H,86,94)(H,96,97)(H2,80,85,101)(H2,81,83,102)(H2,84,87,103)/t48-,60+,61-,62-,68-/m0/s1. The van der Waals surface area contributed by atoms with Crippen LogP contribution >= 0.6 is 0 Å². The van der Waals surface area contributed by atoms with Crippen molar-refractivity contribution in [2.24, 2.45) is 11.1 Å². The molecule has 0 aliphatic carbocycles. The number of nitrogens with two attached hydrogens (primary N) is 1. The van der Waals surface area contributed by atoms with Gasteiger partial charge in [0.15, 0.2) is 0 Å². The van der Waals surface area contributed by atoms with Gasteiger partial charge < -0.3 is 92.4 Å². The predicted molar refractivity (Wildman–Crippen MR) is 401 cm³/mol. The van der Waals surface area contributed by atoms with Crippen LogP contribution in [0.4, 0.5) is 45.9 Å². The molecular weight excluding hydrogens is 1440 g/mol. The quantitative estimate of drug-likeness (QED) is 0.0178. The van der Waals surface area contributed by atoms with Crippen molar-refractivity contribution in [3.63, 3.8) is 0 Å². The van der Waals surface area contributed by atoms with Gasteiger partial charge in [0.2, 0.25) is 35.4 Å². The van der Waals surface area contributed by atoms with Crippen LogP contribution in [0.3, 0.4) is 0 Å². The molecule has 0 bridgehead atoms. The molecule has 1 aliphatic heterocycles. The smallest absolute Gasteiger partial charge is 0.319 e. The first-order valence-corrected chi connectivity index (χ1v) is 37.0. The number of aliphatic hydroxyl groups excluding tert-OH is 1. The van der Waals surface area contributed by atoms with Gasteiger partial charge in [-0.2, -0.15) is 0 Å². The number of aliphatic carboxylic acids is 1. The van der Waals surface area contributed by atoms with Crippen molar-refractivity contribution in [1.82, 2.24) is 46.3 Å². The molecule has 5 atom stereocenters. The number of aromatic nitrogens is 1. The summed E-state index contributed by atoms with van der Waals surface area (Å²) in [6, 6.07) is 24.6. The van der Waals surface area contributed by atoms with E-state index in [1.165, 1.54) is 89.5 Å². The molecule has 0 spiro atoms. The molecule has 2 heterocycles. The number of rotatable bonds is 41. The largest absolute Gasteiger partial charge is 0.481 e. The van der Waals surface area contributed by atoms with Gasteiger partial charge in [-0.05, 0) is 128 Å². The van der Waals surface area contributed by atoms with E-state index in [-0.39, 0.29) is 112 Å². The molecule has 1 saturated heterocycles. The van der Waals surface area contributed by atoms with Gasteiger partial charge in [0, 0.05) is 91.5 Å². The lowest BCUT2D eigenvalue weighted by molar-refractivity contribution is -0.143. The SMILES string of the molecule is CCCNC(=O)Nc1cccc(S(=O)(=O)Nc2cccc([C@@H](CC(=O)O)NC(=O)Nc3ccc(NC(=O)NCCOCCOCCOCCC(=O)N[C@@H](CC(N)=O)C(=O)N4CCC[C@H]4C(=O)N[C@@H](C)C(=O)NCCCN(C(=O)CO)[C@@H](c4cc(-c5cc(F)ccc5F)cn4Cc4ccccc4)C(C)(C)C)cc3)c2)c1. The number of carbonyl (C=O) groups excluding carboxylic acids is 9. The summed E-state index contributed by atoms with van der Waals surface area (Å²) in [6.45, 7) is 9.91. The van der Waals surface area contributed by atoms with Gasteiger partial charge in [-0.25, -0.2) is 31.6 Å². The van der Waals surface area contributed by atoms with Gasteiger partial charge in [0.05, 0.1) is 69.5 Å². The third-order valence-corrected chi connectivity index (χ3v) is 18.4. The Balaban J connectivity index is 0.763. The van der Waals surface area contributed by atoms with Crippen LogP contribution in [0, 0.1) is 17.0 Å². The number of hydrogen-bond acceptors (Lipinski definition) is 16.